The highest BCUT2D eigenvalue weighted by Gasteiger charge is 2.44. The summed E-state index contributed by atoms with van der Waals surface area (Å²) in [6, 6.07) is 9.12. The fourth-order valence-electron chi connectivity index (χ4n) is 4.70. The van der Waals surface area contributed by atoms with Crippen LogP contribution < -0.4 is 15.4 Å². The second-order valence-electron chi connectivity index (χ2n) is 8.45. The van der Waals surface area contributed by atoms with Gasteiger partial charge in [-0.15, -0.1) is 0 Å². The lowest BCUT2D eigenvalue weighted by molar-refractivity contribution is -0.206. The summed E-state index contributed by atoms with van der Waals surface area (Å²) in [5.41, 5.74) is 3.48. The number of hydrogen-bond donors (Lipinski definition) is 2. The zero-order chi connectivity index (χ0) is 25.2. The molecule has 0 aromatic heterocycles. The smallest absolute Gasteiger partial charge is 0.416 e. The van der Waals surface area contributed by atoms with Crippen molar-refractivity contribution in [2.24, 2.45) is 0 Å². The van der Waals surface area contributed by atoms with E-state index in [1.54, 1.807) is 0 Å². The normalized spacial score (nSPS) is 19.0. The highest BCUT2D eigenvalue weighted by Crippen LogP contribution is 2.46. The third-order valence-corrected chi connectivity index (χ3v) is 6.06. The van der Waals surface area contributed by atoms with Gasteiger partial charge in [-0.3, -0.25) is 4.79 Å². The lowest BCUT2D eigenvalue weighted by Crippen LogP contribution is -2.47. The van der Waals surface area contributed by atoms with Gasteiger partial charge in [0.25, 0.3) is 0 Å². The van der Waals surface area contributed by atoms with Crippen molar-refractivity contribution in [3.8, 4) is 5.75 Å². The average molecular weight is 491 g/mol. The van der Waals surface area contributed by atoms with Gasteiger partial charge in [0.2, 0.25) is 11.7 Å². The molecule has 1 amide bonds. The fraction of sp³-hybridized carbons (Fsp3) is 0.423. The van der Waals surface area contributed by atoms with Gasteiger partial charge in [0.1, 0.15) is 5.75 Å². The topological polar surface area (TPSA) is 68.8 Å². The minimum absolute atomic E-state index is 0.182. The molecule has 6 nitrogen and oxygen atoms in total. The maximum atomic E-state index is 13.4. The molecule has 35 heavy (non-hydrogen) atoms. The minimum Gasteiger partial charge on any atom is -0.493 e. The number of rotatable bonds is 5. The lowest BCUT2D eigenvalue weighted by Gasteiger charge is -2.42. The molecule has 9 heteroatoms. The summed E-state index contributed by atoms with van der Waals surface area (Å²) in [5, 5.41) is 6.32. The van der Waals surface area contributed by atoms with Crippen molar-refractivity contribution >= 4 is 22.9 Å². The quantitative estimate of drug-likeness (QED) is 0.505. The number of nitrogens with one attached hydrogen (secondary N) is 2. The monoisotopic (exact) mass is 490 g/mol. The van der Waals surface area contributed by atoms with Crippen LogP contribution in [-0.2, 0) is 26.9 Å². The Balaban J connectivity index is 1.93. The van der Waals surface area contributed by atoms with Crippen LogP contribution in [0.5, 0.6) is 5.75 Å². The van der Waals surface area contributed by atoms with Crippen LogP contribution in [0.15, 0.2) is 42.1 Å². The molecular formula is C26H29F3N2O4. The van der Waals surface area contributed by atoms with Gasteiger partial charge in [-0.2, -0.15) is 13.2 Å². The fourth-order valence-corrected chi connectivity index (χ4v) is 4.70. The van der Waals surface area contributed by atoms with Crippen LogP contribution in [0.2, 0.25) is 0 Å². The van der Waals surface area contributed by atoms with E-state index in [9.17, 15) is 18.0 Å². The number of alkyl halides is 3. The van der Waals surface area contributed by atoms with Crippen molar-refractivity contribution in [3.63, 3.8) is 0 Å². The van der Waals surface area contributed by atoms with Gasteiger partial charge in [-0.25, -0.2) is 0 Å². The summed E-state index contributed by atoms with van der Waals surface area (Å²) in [7, 11) is 0. The highest BCUT2D eigenvalue weighted by atomic mass is 19.4. The summed E-state index contributed by atoms with van der Waals surface area (Å²) in [6.07, 6.45) is -2.99. The van der Waals surface area contributed by atoms with Gasteiger partial charge in [-0.1, -0.05) is 12.1 Å². The number of anilines is 2. The third kappa shape index (κ3) is 5.01. The Morgan fingerprint density at radius 1 is 1.17 bits per heavy atom. The predicted octanol–water partition coefficient (Wildman–Crippen LogP) is 5.99. The van der Waals surface area contributed by atoms with Gasteiger partial charge < -0.3 is 24.8 Å². The van der Waals surface area contributed by atoms with E-state index in [1.807, 2.05) is 32.0 Å². The Bertz CT molecular complexity index is 1140. The van der Waals surface area contributed by atoms with Crippen LogP contribution in [0.3, 0.4) is 0 Å². The van der Waals surface area contributed by atoms with Crippen LogP contribution in [0.1, 0.15) is 50.3 Å². The van der Waals surface area contributed by atoms with Crippen LogP contribution in [-0.4, -0.2) is 31.5 Å². The molecule has 2 aromatic carbocycles. The molecule has 0 radical (unpaired) electrons. The van der Waals surface area contributed by atoms with Gasteiger partial charge in [0.15, 0.2) is 0 Å². The second kappa shape index (κ2) is 9.91. The number of allylic oxidation sites excluding steroid dienone is 1. The summed E-state index contributed by atoms with van der Waals surface area (Å²) in [5.74, 6) is -1.23. The van der Waals surface area contributed by atoms with E-state index in [2.05, 4.69) is 10.6 Å². The number of ether oxygens (including phenoxy) is 3. The maximum Gasteiger partial charge on any atom is 0.416 e. The van der Waals surface area contributed by atoms with Crippen molar-refractivity contribution in [1.82, 2.24) is 0 Å². The zero-order valence-electron chi connectivity index (χ0n) is 20.0. The number of halogens is 3. The molecule has 4 rings (SSSR count). The number of benzene rings is 2. The molecule has 2 aliphatic rings. The van der Waals surface area contributed by atoms with Gasteiger partial charge in [0, 0.05) is 49.1 Å². The number of carbonyl (C=O) groups is 1. The van der Waals surface area contributed by atoms with E-state index >= 15 is 0 Å². The number of amides is 1. The van der Waals surface area contributed by atoms with Crippen molar-refractivity contribution in [3.05, 3.63) is 58.8 Å². The van der Waals surface area contributed by atoms with E-state index in [0.717, 1.165) is 29.0 Å². The molecule has 0 fully saturated rings. The Kier molecular flexibility index (Phi) is 7.10. The van der Waals surface area contributed by atoms with Crippen molar-refractivity contribution < 1.29 is 32.2 Å². The Morgan fingerprint density at radius 3 is 2.57 bits per heavy atom. The molecule has 2 aliphatic heterocycles. The molecule has 0 spiro atoms. The molecule has 0 atom stereocenters. The Labute approximate surface area is 202 Å². The van der Waals surface area contributed by atoms with Crippen LogP contribution in [0, 0.1) is 0 Å². The maximum absolute atomic E-state index is 13.4. The molecule has 0 saturated heterocycles. The largest absolute Gasteiger partial charge is 0.493 e. The van der Waals surface area contributed by atoms with Crippen LogP contribution in [0.25, 0.3) is 5.57 Å². The highest BCUT2D eigenvalue weighted by molar-refractivity contribution is 5.91. The molecule has 188 valence electrons. The first-order valence-corrected chi connectivity index (χ1v) is 11.7. The standard InChI is InChI=1S/C26H29F3N2O4/c1-4-34-25(35-5-2)15-20-21(30-16(3)32)9-6-10-22(20)31-24(25)19-8-7-13-33-23-14-17(26(27,28)29)11-12-18(19)23/h6,9-12,14,31H,4-5,7-8,13,15H2,1-3H3,(H,30,32)/b24-19+. The first kappa shape index (κ1) is 25.1. The molecule has 0 unspecified atom stereocenters. The number of fused-ring (bicyclic) bond motifs is 2. The van der Waals surface area contributed by atoms with Gasteiger partial charge in [0.05, 0.1) is 17.9 Å². The first-order chi connectivity index (χ1) is 16.7. The van der Waals surface area contributed by atoms with Gasteiger partial charge >= 0.3 is 6.18 Å². The number of carbonyl (C=O) groups excluding carboxylic acids is 1. The lowest BCUT2D eigenvalue weighted by atomic mass is 9.87. The first-order valence-electron chi connectivity index (χ1n) is 11.7. The SMILES string of the molecule is CCOC1(OCC)Cc2c(NC(C)=O)cccc2N/C1=C1\CCCOc2cc(C(F)(F)F)ccc21. The molecule has 0 aliphatic carbocycles. The molecule has 2 aromatic rings. The predicted molar refractivity (Wildman–Crippen MR) is 127 cm³/mol. The summed E-state index contributed by atoms with van der Waals surface area (Å²) >= 11 is 0. The van der Waals surface area contributed by atoms with E-state index in [1.165, 1.54) is 13.0 Å². The molecule has 0 bridgehead atoms. The molecular weight excluding hydrogens is 461 g/mol. The van der Waals surface area contributed by atoms with Crippen molar-refractivity contribution in [1.29, 1.82) is 0 Å². The van der Waals surface area contributed by atoms with Gasteiger partial charge in [-0.05, 0) is 56.5 Å². The van der Waals surface area contributed by atoms with Crippen LogP contribution in [0.4, 0.5) is 24.5 Å². The summed E-state index contributed by atoms with van der Waals surface area (Å²) in [6.45, 7) is 6.14. The molecule has 2 heterocycles. The van der Waals surface area contributed by atoms with Crippen LogP contribution >= 0.6 is 0 Å². The molecule has 2 N–H and O–H groups in total. The second-order valence-corrected chi connectivity index (χ2v) is 8.45. The average Bonchev–Trinajstić information content (AvgIpc) is 3.00. The van der Waals surface area contributed by atoms with E-state index in [4.69, 9.17) is 14.2 Å². The van der Waals surface area contributed by atoms with E-state index in [0.29, 0.717) is 56.0 Å². The van der Waals surface area contributed by atoms with E-state index < -0.39 is 17.5 Å². The number of hydrogen-bond acceptors (Lipinski definition) is 5. The van der Waals surface area contributed by atoms with E-state index in [-0.39, 0.29) is 11.7 Å². The zero-order valence-corrected chi connectivity index (χ0v) is 20.0. The molecule has 0 saturated carbocycles. The third-order valence-electron chi connectivity index (χ3n) is 6.06. The Hall–Kier alpha value is -3.04. The van der Waals surface area contributed by atoms with Crippen molar-refractivity contribution in [2.75, 3.05) is 30.5 Å². The minimum atomic E-state index is -4.47. The van der Waals surface area contributed by atoms with Crippen molar-refractivity contribution in [2.45, 2.75) is 52.0 Å². The Morgan fingerprint density at radius 2 is 1.91 bits per heavy atom. The summed E-state index contributed by atoms with van der Waals surface area (Å²) < 4.78 is 58.4. The summed E-state index contributed by atoms with van der Waals surface area (Å²) in [4.78, 5) is 11.8.